The minimum Gasteiger partial charge on any atom is -0.339 e. The number of amidine groups is 1. The number of anilines is 1. The Hall–Kier alpha value is -2.27. The van der Waals surface area contributed by atoms with Crippen LogP contribution in [0.25, 0.3) is 0 Å². The first-order valence-corrected chi connectivity index (χ1v) is 12.4. The molecule has 1 radical (unpaired) electrons. The zero-order valence-electron chi connectivity index (χ0n) is 22.6. The average molecular weight is 448 g/mol. The second kappa shape index (κ2) is 12.4. The monoisotopic (exact) mass is 447 g/mol. The predicted octanol–water partition coefficient (Wildman–Crippen LogP) is 8.99. The molecule has 175 valence electrons. The van der Waals surface area contributed by atoms with E-state index in [1.807, 2.05) is 0 Å². The second-order valence-electron chi connectivity index (χ2n) is 10.2. The molecular weight excluding hydrogens is 407 g/mol. The van der Waals surface area contributed by atoms with Crippen LogP contribution < -0.4 is 5.32 Å². The predicted molar refractivity (Wildman–Crippen MR) is 151 cm³/mol. The molecule has 0 aliphatic carbocycles. The molecule has 0 amide bonds. The molecule has 3 rings (SSSR count). The molecule has 1 N–H and O–H groups in total. The largest absolute Gasteiger partial charge is 0.339 e. The Morgan fingerprint density at radius 3 is 1.38 bits per heavy atom. The van der Waals surface area contributed by atoms with Crippen LogP contribution in [0.3, 0.4) is 0 Å². The van der Waals surface area contributed by atoms with Crippen LogP contribution in [-0.2, 0) is 0 Å². The molecule has 0 fully saturated rings. The summed E-state index contributed by atoms with van der Waals surface area (Å²) in [5.41, 5.74) is 8.62. The molecule has 3 aromatic rings. The molecule has 0 aliphatic heterocycles. The van der Waals surface area contributed by atoms with Crippen molar-refractivity contribution < 1.29 is 0 Å². The van der Waals surface area contributed by atoms with E-state index in [1.165, 1.54) is 27.9 Å². The number of hydrogen-bond acceptors (Lipinski definition) is 1. The first kappa shape index (κ1) is 28.0. The third-order valence-corrected chi connectivity index (χ3v) is 6.23. The fourth-order valence-electron chi connectivity index (χ4n) is 4.33. The van der Waals surface area contributed by atoms with Gasteiger partial charge in [-0.3, -0.25) is 0 Å². The quantitative estimate of drug-likeness (QED) is 0.218. The molecule has 0 unspecified atom stereocenters. The maximum absolute atomic E-state index is 5.37. The van der Waals surface area contributed by atoms with E-state index in [0.717, 1.165) is 17.1 Å². The summed E-state index contributed by atoms with van der Waals surface area (Å²) in [5, 5.41) is 3.83. The van der Waals surface area contributed by atoms with E-state index in [1.54, 1.807) is 0 Å². The van der Waals surface area contributed by atoms with Crippen LogP contribution in [-0.4, -0.2) is 24.7 Å². The normalized spacial score (nSPS) is 11.9. The van der Waals surface area contributed by atoms with Gasteiger partial charge in [0.1, 0.15) is 5.84 Å². The number of rotatable bonds is 7. The van der Waals surface area contributed by atoms with Crippen LogP contribution in [0, 0.1) is 0 Å². The SMILES string of the molecule is CC(C)c1cccc(C(C)C)c1N=C(Nc1c(C(C)C)cccc1C(C)C)c1ccccc1.[Li]. The molecule has 0 bridgehead atoms. The zero-order valence-corrected chi connectivity index (χ0v) is 22.6. The molecule has 0 atom stereocenters. The second-order valence-corrected chi connectivity index (χ2v) is 10.2. The fraction of sp³-hybridized carbons (Fsp3) is 0.387. The van der Waals surface area contributed by atoms with Crippen molar-refractivity contribution in [2.45, 2.75) is 79.1 Å². The minimum absolute atomic E-state index is 0. The van der Waals surface area contributed by atoms with Gasteiger partial charge in [-0.15, -0.1) is 0 Å². The van der Waals surface area contributed by atoms with Crippen LogP contribution in [0.2, 0.25) is 0 Å². The summed E-state index contributed by atoms with van der Waals surface area (Å²) in [6.45, 7) is 18.0. The van der Waals surface area contributed by atoms with Crippen molar-refractivity contribution in [2.24, 2.45) is 4.99 Å². The Balaban J connectivity index is 0.00000408. The van der Waals surface area contributed by atoms with Crippen LogP contribution in [0.1, 0.15) is 107 Å². The van der Waals surface area contributed by atoms with Gasteiger partial charge in [-0.05, 0) is 45.9 Å². The van der Waals surface area contributed by atoms with Gasteiger partial charge in [0.05, 0.1) is 5.69 Å². The first-order valence-electron chi connectivity index (χ1n) is 12.4. The van der Waals surface area contributed by atoms with Crippen LogP contribution in [0.4, 0.5) is 11.4 Å². The van der Waals surface area contributed by atoms with Gasteiger partial charge in [0.2, 0.25) is 0 Å². The van der Waals surface area contributed by atoms with Crippen molar-refractivity contribution in [1.29, 1.82) is 0 Å². The molecular formula is C31H40LiN2. The Morgan fingerprint density at radius 2 is 0.971 bits per heavy atom. The standard InChI is InChI=1S/C31H40N2.Li/c1-20(2)25-16-12-17-26(21(3)4)29(25)32-31(24-14-10-9-11-15-24)33-30-27(22(5)6)18-13-19-28(30)23(7)8;/h9-23H,1-8H3,(H,32,33);. The minimum atomic E-state index is 0. The third kappa shape index (κ3) is 6.44. The number of benzene rings is 3. The molecule has 0 saturated carbocycles. The molecule has 0 aromatic heterocycles. The Morgan fingerprint density at radius 1 is 0.559 bits per heavy atom. The van der Waals surface area contributed by atoms with Crippen molar-refractivity contribution in [1.82, 2.24) is 0 Å². The summed E-state index contributed by atoms with van der Waals surface area (Å²) >= 11 is 0. The maximum Gasteiger partial charge on any atom is 0.138 e. The van der Waals surface area contributed by atoms with Gasteiger partial charge >= 0.3 is 0 Å². The topological polar surface area (TPSA) is 24.4 Å². The van der Waals surface area contributed by atoms with Crippen molar-refractivity contribution >= 4 is 36.1 Å². The molecule has 34 heavy (non-hydrogen) atoms. The van der Waals surface area contributed by atoms with Crippen molar-refractivity contribution in [3.63, 3.8) is 0 Å². The number of para-hydroxylation sites is 2. The summed E-state index contributed by atoms with van der Waals surface area (Å²) in [6.07, 6.45) is 0. The summed E-state index contributed by atoms with van der Waals surface area (Å²) in [7, 11) is 0. The van der Waals surface area contributed by atoms with Crippen molar-refractivity contribution in [2.75, 3.05) is 5.32 Å². The average Bonchev–Trinajstić information content (AvgIpc) is 2.78. The number of nitrogens with zero attached hydrogens (tertiary/aromatic N) is 1. The van der Waals surface area contributed by atoms with E-state index >= 15 is 0 Å². The zero-order chi connectivity index (χ0) is 24.1. The van der Waals surface area contributed by atoms with Gasteiger partial charge in [-0.25, -0.2) is 4.99 Å². The third-order valence-electron chi connectivity index (χ3n) is 6.23. The van der Waals surface area contributed by atoms with Gasteiger partial charge in [0, 0.05) is 30.1 Å². The Labute approximate surface area is 219 Å². The fourth-order valence-corrected chi connectivity index (χ4v) is 4.33. The smallest absolute Gasteiger partial charge is 0.138 e. The summed E-state index contributed by atoms with van der Waals surface area (Å²) in [6, 6.07) is 23.8. The molecule has 2 nitrogen and oxygen atoms in total. The summed E-state index contributed by atoms with van der Waals surface area (Å²) in [5.74, 6) is 2.53. The molecule has 3 aromatic carbocycles. The first-order chi connectivity index (χ1) is 15.7. The van der Waals surface area contributed by atoms with E-state index in [0.29, 0.717) is 23.7 Å². The molecule has 0 aliphatic rings. The molecule has 0 spiro atoms. The summed E-state index contributed by atoms with van der Waals surface area (Å²) in [4.78, 5) is 5.37. The van der Waals surface area contributed by atoms with Crippen LogP contribution in [0.5, 0.6) is 0 Å². The van der Waals surface area contributed by atoms with E-state index in [2.05, 4.69) is 127 Å². The van der Waals surface area contributed by atoms with Gasteiger partial charge in [0.15, 0.2) is 0 Å². The van der Waals surface area contributed by atoms with Crippen LogP contribution >= 0.6 is 0 Å². The van der Waals surface area contributed by atoms with E-state index in [9.17, 15) is 0 Å². The number of nitrogens with one attached hydrogen (secondary N) is 1. The Kier molecular flexibility index (Phi) is 10.2. The Bertz CT molecular complexity index is 1040. The summed E-state index contributed by atoms with van der Waals surface area (Å²) < 4.78 is 0. The maximum atomic E-state index is 5.37. The molecule has 3 heteroatoms. The van der Waals surface area contributed by atoms with Crippen molar-refractivity contribution in [3.8, 4) is 0 Å². The number of hydrogen-bond donors (Lipinski definition) is 1. The van der Waals surface area contributed by atoms with E-state index in [4.69, 9.17) is 4.99 Å². The molecule has 0 saturated heterocycles. The molecule has 0 heterocycles. The van der Waals surface area contributed by atoms with Crippen molar-refractivity contribution in [3.05, 3.63) is 94.5 Å². The van der Waals surface area contributed by atoms with Gasteiger partial charge in [-0.1, -0.05) is 122 Å². The van der Waals surface area contributed by atoms with Gasteiger partial charge in [-0.2, -0.15) is 0 Å². The van der Waals surface area contributed by atoms with Gasteiger partial charge < -0.3 is 5.32 Å². The number of aliphatic imine (C=N–C) groups is 1. The van der Waals surface area contributed by atoms with E-state index in [-0.39, 0.29) is 18.9 Å². The van der Waals surface area contributed by atoms with E-state index < -0.39 is 0 Å². The van der Waals surface area contributed by atoms with Gasteiger partial charge in [0.25, 0.3) is 0 Å². The van der Waals surface area contributed by atoms with Crippen LogP contribution in [0.15, 0.2) is 71.7 Å².